The molecule has 0 aliphatic heterocycles. The summed E-state index contributed by atoms with van der Waals surface area (Å²) in [7, 11) is 0. The van der Waals surface area contributed by atoms with Crippen LogP contribution in [0.1, 0.15) is 18.1 Å². The fourth-order valence-electron chi connectivity index (χ4n) is 1.32. The van der Waals surface area contributed by atoms with Gasteiger partial charge in [0.2, 0.25) is 5.91 Å². The van der Waals surface area contributed by atoms with Crippen LogP contribution in [0.15, 0.2) is 18.2 Å². The van der Waals surface area contributed by atoms with E-state index in [-0.39, 0.29) is 6.61 Å². The number of hydrogen-bond donors (Lipinski definition) is 2. The standard InChI is InChI=1S/C12H18N2O2/c1-8-5-4-6-9(2)10(8)16-7-12(3,14)11(13)15/h4-6H,7,14H2,1-3H3,(H2,13,15). The summed E-state index contributed by atoms with van der Waals surface area (Å²) < 4.78 is 5.57. The molecule has 0 spiro atoms. The van der Waals surface area contributed by atoms with Crippen molar-refractivity contribution in [1.29, 1.82) is 0 Å². The maximum Gasteiger partial charge on any atom is 0.240 e. The van der Waals surface area contributed by atoms with E-state index in [0.29, 0.717) is 0 Å². The Bertz CT molecular complexity index is 380. The molecule has 0 aromatic heterocycles. The Hall–Kier alpha value is -1.55. The van der Waals surface area contributed by atoms with E-state index >= 15 is 0 Å². The minimum absolute atomic E-state index is 0.0774. The number of amides is 1. The van der Waals surface area contributed by atoms with E-state index in [1.807, 2.05) is 32.0 Å². The van der Waals surface area contributed by atoms with E-state index in [2.05, 4.69) is 0 Å². The van der Waals surface area contributed by atoms with Gasteiger partial charge in [-0.05, 0) is 31.9 Å². The number of carbonyl (C=O) groups is 1. The molecule has 1 atom stereocenters. The van der Waals surface area contributed by atoms with Crippen molar-refractivity contribution in [3.63, 3.8) is 0 Å². The van der Waals surface area contributed by atoms with Gasteiger partial charge in [-0.1, -0.05) is 18.2 Å². The lowest BCUT2D eigenvalue weighted by Crippen LogP contribution is -2.53. The van der Waals surface area contributed by atoms with Gasteiger partial charge in [-0.15, -0.1) is 0 Å². The lowest BCUT2D eigenvalue weighted by Gasteiger charge is -2.22. The molecule has 4 nitrogen and oxygen atoms in total. The van der Waals surface area contributed by atoms with Crippen molar-refractivity contribution < 1.29 is 9.53 Å². The predicted octanol–water partition coefficient (Wildman–Crippen LogP) is 0.885. The molecule has 1 unspecified atom stereocenters. The van der Waals surface area contributed by atoms with Crippen molar-refractivity contribution in [3.05, 3.63) is 29.3 Å². The molecule has 0 saturated carbocycles. The summed E-state index contributed by atoms with van der Waals surface area (Å²) in [5.41, 5.74) is 11.8. The van der Waals surface area contributed by atoms with Crippen LogP contribution in [-0.2, 0) is 4.79 Å². The van der Waals surface area contributed by atoms with E-state index in [0.717, 1.165) is 16.9 Å². The number of carbonyl (C=O) groups excluding carboxylic acids is 1. The zero-order valence-corrected chi connectivity index (χ0v) is 9.91. The zero-order valence-electron chi connectivity index (χ0n) is 9.91. The molecule has 1 amide bonds. The minimum atomic E-state index is -1.14. The number of hydrogen-bond acceptors (Lipinski definition) is 3. The Morgan fingerprint density at radius 1 is 1.38 bits per heavy atom. The van der Waals surface area contributed by atoms with Crippen molar-refractivity contribution in [2.24, 2.45) is 11.5 Å². The molecular weight excluding hydrogens is 204 g/mol. The normalized spacial score (nSPS) is 14.2. The lowest BCUT2D eigenvalue weighted by molar-refractivity contribution is -0.123. The van der Waals surface area contributed by atoms with Crippen LogP contribution in [0.5, 0.6) is 5.75 Å². The van der Waals surface area contributed by atoms with E-state index in [4.69, 9.17) is 16.2 Å². The molecule has 1 rings (SSSR count). The van der Waals surface area contributed by atoms with E-state index in [1.165, 1.54) is 0 Å². The lowest BCUT2D eigenvalue weighted by atomic mass is 10.1. The molecule has 0 saturated heterocycles. The van der Waals surface area contributed by atoms with Gasteiger partial charge in [-0.2, -0.15) is 0 Å². The van der Waals surface area contributed by atoms with Crippen molar-refractivity contribution in [3.8, 4) is 5.75 Å². The molecule has 4 N–H and O–H groups in total. The van der Waals surface area contributed by atoms with Crippen LogP contribution < -0.4 is 16.2 Å². The van der Waals surface area contributed by atoms with Crippen LogP contribution in [0.25, 0.3) is 0 Å². The maximum atomic E-state index is 11.0. The molecule has 0 radical (unpaired) electrons. The molecule has 0 bridgehead atoms. The third-order valence-corrected chi connectivity index (χ3v) is 2.49. The summed E-state index contributed by atoms with van der Waals surface area (Å²) in [6.07, 6.45) is 0. The summed E-state index contributed by atoms with van der Waals surface area (Å²) in [4.78, 5) is 11.0. The van der Waals surface area contributed by atoms with Crippen molar-refractivity contribution in [2.45, 2.75) is 26.3 Å². The summed E-state index contributed by atoms with van der Waals surface area (Å²) in [6, 6.07) is 5.84. The topological polar surface area (TPSA) is 78.3 Å². The molecule has 88 valence electrons. The van der Waals surface area contributed by atoms with Crippen molar-refractivity contribution in [2.75, 3.05) is 6.61 Å². The fraction of sp³-hybridized carbons (Fsp3) is 0.417. The van der Waals surface area contributed by atoms with Gasteiger partial charge in [0.1, 0.15) is 17.9 Å². The second-order valence-corrected chi connectivity index (χ2v) is 4.29. The molecular formula is C12H18N2O2. The second-order valence-electron chi connectivity index (χ2n) is 4.29. The van der Waals surface area contributed by atoms with Crippen LogP contribution in [0.4, 0.5) is 0 Å². The minimum Gasteiger partial charge on any atom is -0.491 e. The second kappa shape index (κ2) is 4.53. The number of para-hydroxylation sites is 1. The van der Waals surface area contributed by atoms with Crippen LogP contribution in [0.3, 0.4) is 0 Å². The van der Waals surface area contributed by atoms with Gasteiger partial charge >= 0.3 is 0 Å². The first-order chi connectivity index (χ1) is 7.34. The van der Waals surface area contributed by atoms with Gasteiger partial charge < -0.3 is 16.2 Å². The highest BCUT2D eigenvalue weighted by Gasteiger charge is 2.27. The van der Waals surface area contributed by atoms with Crippen LogP contribution in [0.2, 0.25) is 0 Å². The number of benzene rings is 1. The fourth-order valence-corrected chi connectivity index (χ4v) is 1.32. The molecule has 0 fully saturated rings. The highest BCUT2D eigenvalue weighted by atomic mass is 16.5. The van der Waals surface area contributed by atoms with Crippen molar-refractivity contribution in [1.82, 2.24) is 0 Å². The Balaban J connectivity index is 2.79. The van der Waals surface area contributed by atoms with Gasteiger partial charge in [0.25, 0.3) is 0 Å². The van der Waals surface area contributed by atoms with Crippen LogP contribution in [-0.4, -0.2) is 18.1 Å². The van der Waals surface area contributed by atoms with E-state index in [1.54, 1.807) is 6.92 Å². The first kappa shape index (κ1) is 12.5. The molecule has 4 heteroatoms. The Morgan fingerprint density at radius 2 is 1.88 bits per heavy atom. The Labute approximate surface area is 95.6 Å². The predicted molar refractivity (Wildman–Crippen MR) is 63.2 cm³/mol. The smallest absolute Gasteiger partial charge is 0.240 e. The quantitative estimate of drug-likeness (QED) is 0.794. The van der Waals surface area contributed by atoms with Crippen LogP contribution >= 0.6 is 0 Å². The average molecular weight is 222 g/mol. The van der Waals surface area contributed by atoms with E-state index in [9.17, 15) is 4.79 Å². The summed E-state index contributed by atoms with van der Waals surface area (Å²) in [5, 5.41) is 0. The summed E-state index contributed by atoms with van der Waals surface area (Å²) >= 11 is 0. The Morgan fingerprint density at radius 3 is 2.31 bits per heavy atom. The average Bonchev–Trinajstić information content (AvgIpc) is 2.16. The number of aryl methyl sites for hydroxylation is 2. The number of primary amides is 1. The Kier molecular flexibility index (Phi) is 3.55. The molecule has 1 aromatic rings. The van der Waals surface area contributed by atoms with Gasteiger partial charge in [0.05, 0.1) is 0 Å². The third kappa shape index (κ3) is 2.73. The first-order valence-corrected chi connectivity index (χ1v) is 5.12. The molecule has 16 heavy (non-hydrogen) atoms. The molecule has 0 aliphatic rings. The van der Waals surface area contributed by atoms with Gasteiger partial charge in [-0.3, -0.25) is 4.79 Å². The third-order valence-electron chi connectivity index (χ3n) is 2.49. The zero-order chi connectivity index (χ0) is 12.3. The van der Waals surface area contributed by atoms with E-state index < -0.39 is 11.4 Å². The summed E-state index contributed by atoms with van der Waals surface area (Å²) in [6.45, 7) is 5.53. The first-order valence-electron chi connectivity index (χ1n) is 5.12. The van der Waals surface area contributed by atoms with Gasteiger partial charge in [-0.25, -0.2) is 0 Å². The molecule has 1 aromatic carbocycles. The number of rotatable bonds is 4. The molecule has 0 heterocycles. The van der Waals surface area contributed by atoms with Gasteiger partial charge in [0.15, 0.2) is 0 Å². The summed E-state index contributed by atoms with van der Waals surface area (Å²) in [5.74, 6) is 0.194. The van der Waals surface area contributed by atoms with Gasteiger partial charge in [0, 0.05) is 0 Å². The molecule has 0 aliphatic carbocycles. The highest BCUT2D eigenvalue weighted by Crippen LogP contribution is 2.22. The maximum absolute atomic E-state index is 11.0. The van der Waals surface area contributed by atoms with Crippen LogP contribution in [0, 0.1) is 13.8 Å². The number of ether oxygens (including phenoxy) is 1. The van der Waals surface area contributed by atoms with Crippen molar-refractivity contribution >= 4 is 5.91 Å². The highest BCUT2D eigenvalue weighted by molar-refractivity contribution is 5.84. The largest absolute Gasteiger partial charge is 0.491 e. The monoisotopic (exact) mass is 222 g/mol. The number of nitrogens with two attached hydrogens (primary N) is 2. The SMILES string of the molecule is Cc1cccc(C)c1OCC(C)(N)C(N)=O.